The predicted octanol–water partition coefficient (Wildman–Crippen LogP) is 1.43. The number of nitro benzene ring substituents is 1. The number of anilines is 1. The first kappa shape index (κ1) is 14.3. The van der Waals surface area contributed by atoms with Gasteiger partial charge >= 0.3 is 0 Å². The van der Waals surface area contributed by atoms with Gasteiger partial charge in [-0.15, -0.1) is 0 Å². The van der Waals surface area contributed by atoms with E-state index in [0.29, 0.717) is 19.8 Å². The van der Waals surface area contributed by atoms with E-state index in [9.17, 15) is 14.9 Å². The van der Waals surface area contributed by atoms with Crippen molar-refractivity contribution in [2.45, 2.75) is 19.4 Å². The molecular formula is C13H17N3O4. The Morgan fingerprint density at radius 3 is 2.95 bits per heavy atom. The number of nitrogens with two attached hydrogens (primary N) is 1. The lowest BCUT2D eigenvalue weighted by Crippen LogP contribution is -2.39. The molecule has 7 heteroatoms. The normalized spacial score (nSPS) is 19.4. The summed E-state index contributed by atoms with van der Waals surface area (Å²) in [5, 5.41) is 10.8. The second-order valence-corrected chi connectivity index (χ2v) is 4.78. The van der Waals surface area contributed by atoms with Crippen molar-refractivity contribution in [3.63, 3.8) is 0 Å². The van der Waals surface area contributed by atoms with Crippen molar-refractivity contribution < 1.29 is 14.5 Å². The summed E-state index contributed by atoms with van der Waals surface area (Å²) in [5.41, 5.74) is 6.06. The molecule has 0 bridgehead atoms. The number of hydrogen-bond acceptors (Lipinski definition) is 5. The van der Waals surface area contributed by atoms with Gasteiger partial charge in [0.25, 0.3) is 11.6 Å². The molecule has 2 rings (SSSR count). The number of nitrogen functional groups attached to an aromatic ring is 1. The van der Waals surface area contributed by atoms with E-state index >= 15 is 0 Å². The van der Waals surface area contributed by atoms with Crippen LogP contribution in [0.3, 0.4) is 0 Å². The van der Waals surface area contributed by atoms with E-state index < -0.39 is 4.92 Å². The number of carbonyl (C=O) groups is 1. The summed E-state index contributed by atoms with van der Waals surface area (Å²) in [6.45, 7) is 3.46. The lowest BCUT2D eigenvalue weighted by atomic mass is 10.1. The number of benzene rings is 1. The summed E-state index contributed by atoms with van der Waals surface area (Å²) >= 11 is 0. The van der Waals surface area contributed by atoms with Gasteiger partial charge in [-0.2, -0.15) is 0 Å². The SMILES string of the molecule is C[C@@H]1CCOCCN1C(=O)c1cc([N+](=O)[O-])ccc1N. The van der Waals surface area contributed by atoms with E-state index in [2.05, 4.69) is 0 Å². The first-order valence-electron chi connectivity index (χ1n) is 6.43. The van der Waals surface area contributed by atoms with Gasteiger partial charge in [0.2, 0.25) is 0 Å². The molecule has 1 amide bonds. The highest BCUT2D eigenvalue weighted by Gasteiger charge is 2.26. The number of hydrogen-bond donors (Lipinski definition) is 1. The molecule has 0 aromatic heterocycles. The average Bonchev–Trinajstić information content (AvgIpc) is 2.63. The Morgan fingerprint density at radius 2 is 2.25 bits per heavy atom. The highest BCUT2D eigenvalue weighted by molar-refractivity contribution is 6.00. The second kappa shape index (κ2) is 5.87. The highest BCUT2D eigenvalue weighted by Crippen LogP contribution is 2.23. The molecule has 1 aliphatic heterocycles. The minimum absolute atomic E-state index is 0.0173. The summed E-state index contributed by atoms with van der Waals surface area (Å²) in [4.78, 5) is 24.4. The van der Waals surface area contributed by atoms with Crippen molar-refractivity contribution in [3.05, 3.63) is 33.9 Å². The Kier molecular flexibility index (Phi) is 4.19. The predicted molar refractivity (Wildman–Crippen MR) is 73.4 cm³/mol. The first-order valence-corrected chi connectivity index (χ1v) is 6.43. The molecule has 2 N–H and O–H groups in total. The third-order valence-corrected chi connectivity index (χ3v) is 3.43. The van der Waals surface area contributed by atoms with E-state index in [0.717, 1.165) is 6.42 Å². The zero-order valence-corrected chi connectivity index (χ0v) is 11.2. The number of carbonyl (C=O) groups excluding carboxylic acids is 1. The first-order chi connectivity index (χ1) is 9.50. The van der Waals surface area contributed by atoms with Gasteiger partial charge in [0, 0.05) is 37.0 Å². The van der Waals surface area contributed by atoms with Crippen LogP contribution in [0.2, 0.25) is 0 Å². The molecule has 7 nitrogen and oxygen atoms in total. The van der Waals surface area contributed by atoms with Gasteiger partial charge in [-0.05, 0) is 19.4 Å². The molecule has 0 aliphatic carbocycles. The fourth-order valence-electron chi connectivity index (χ4n) is 2.19. The largest absolute Gasteiger partial charge is 0.398 e. The number of nitrogens with zero attached hydrogens (tertiary/aromatic N) is 2. The van der Waals surface area contributed by atoms with E-state index in [-0.39, 0.29) is 28.9 Å². The van der Waals surface area contributed by atoms with Crippen LogP contribution < -0.4 is 5.73 Å². The zero-order chi connectivity index (χ0) is 14.7. The average molecular weight is 279 g/mol. The van der Waals surface area contributed by atoms with E-state index in [1.54, 1.807) is 4.90 Å². The summed E-state index contributed by atoms with van der Waals surface area (Å²) < 4.78 is 5.34. The lowest BCUT2D eigenvalue weighted by molar-refractivity contribution is -0.384. The molecule has 1 aromatic rings. The van der Waals surface area contributed by atoms with Crippen LogP contribution >= 0.6 is 0 Å². The molecular weight excluding hydrogens is 262 g/mol. The maximum absolute atomic E-state index is 12.5. The molecule has 108 valence electrons. The fraction of sp³-hybridized carbons (Fsp3) is 0.462. The van der Waals surface area contributed by atoms with Gasteiger partial charge < -0.3 is 15.4 Å². The van der Waals surface area contributed by atoms with Gasteiger partial charge in [-0.3, -0.25) is 14.9 Å². The van der Waals surface area contributed by atoms with E-state index in [1.807, 2.05) is 6.92 Å². The molecule has 0 unspecified atom stereocenters. The van der Waals surface area contributed by atoms with Gasteiger partial charge in [0.1, 0.15) is 0 Å². The van der Waals surface area contributed by atoms with Crippen LogP contribution in [0.5, 0.6) is 0 Å². The molecule has 1 aliphatic rings. The molecule has 0 spiro atoms. The highest BCUT2D eigenvalue weighted by atomic mass is 16.6. The van der Waals surface area contributed by atoms with Gasteiger partial charge in [-0.25, -0.2) is 0 Å². The molecule has 1 saturated heterocycles. The Hall–Kier alpha value is -2.15. The Balaban J connectivity index is 2.31. The Morgan fingerprint density at radius 1 is 1.50 bits per heavy atom. The number of rotatable bonds is 2. The standard InChI is InChI=1S/C13H17N3O4/c1-9-4-6-20-7-5-15(9)13(17)11-8-10(16(18)19)2-3-12(11)14/h2-3,8-9H,4-7,14H2,1H3/t9-/m1/s1. The molecule has 1 aromatic carbocycles. The van der Waals surface area contributed by atoms with Crippen LogP contribution in [0.1, 0.15) is 23.7 Å². The van der Waals surface area contributed by atoms with Crippen LogP contribution in [0.15, 0.2) is 18.2 Å². The van der Waals surface area contributed by atoms with Crippen LogP contribution in [-0.2, 0) is 4.74 Å². The topological polar surface area (TPSA) is 98.7 Å². The zero-order valence-electron chi connectivity index (χ0n) is 11.2. The maximum atomic E-state index is 12.5. The van der Waals surface area contributed by atoms with Crippen molar-refractivity contribution in [3.8, 4) is 0 Å². The van der Waals surface area contributed by atoms with Crippen molar-refractivity contribution in [1.29, 1.82) is 0 Å². The summed E-state index contributed by atoms with van der Waals surface area (Å²) in [7, 11) is 0. The molecule has 1 heterocycles. The van der Waals surface area contributed by atoms with Gasteiger partial charge in [0.15, 0.2) is 0 Å². The van der Waals surface area contributed by atoms with Crippen molar-refractivity contribution in [1.82, 2.24) is 4.90 Å². The van der Waals surface area contributed by atoms with Crippen molar-refractivity contribution >= 4 is 17.3 Å². The molecule has 1 fully saturated rings. The molecule has 20 heavy (non-hydrogen) atoms. The number of amides is 1. The van der Waals surface area contributed by atoms with Crippen LogP contribution in [0, 0.1) is 10.1 Å². The quantitative estimate of drug-likeness (QED) is 0.501. The van der Waals surface area contributed by atoms with E-state index in [4.69, 9.17) is 10.5 Å². The fourth-order valence-corrected chi connectivity index (χ4v) is 2.19. The third-order valence-electron chi connectivity index (χ3n) is 3.43. The summed E-state index contributed by atoms with van der Waals surface area (Å²) in [5.74, 6) is -0.288. The summed E-state index contributed by atoms with van der Waals surface area (Å²) in [6.07, 6.45) is 0.737. The number of non-ortho nitro benzene ring substituents is 1. The van der Waals surface area contributed by atoms with Gasteiger partial charge in [-0.1, -0.05) is 0 Å². The Bertz CT molecular complexity index is 532. The van der Waals surface area contributed by atoms with Gasteiger partial charge in [0.05, 0.1) is 17.1 Å². The van der Waals surface area contributed by atoms with Crippen LogP contribution in [0.25, 0.3) is 0 Å². The summed E-state index contributed by atoms with van der Waals surface area (Å²) in [6, 6.07) is 3.94. The maximum Gasteiger partial charge on any atom is 0.270 e. The minimum atomic E-state index is -0.537. The number of ether oxygens (including phenoxy) is 1. The second-order valence-electron chi connectivity index (χ2n) is 4.78. The minimum Gasteiger partial charge on any atom is -0.398 e. The van der Waals surface area contributed by atoms with Crippen molar-refractivity contribution in [2.24, 2.45) is 0 Å². The van der Waals surface area contributed by atoms with Crippen LogP contribution in [0.4, 0.5) is 11.4 Å². The van der Waals surface area contributed by atoms with Crippen LogP contribution in [-0.4, -0.2) is 41.5 Å². The number of nitro groups is 1. The monoisotopic (exact) mass is 279 g/mol. The molecule has 0 saturated carbocycles. The smallest absolute Gasteiger partial charge is 0.270 e. The third kappa shape index (κ3) is 2.88. The molecule has 0 radical (unpaired) electrons. The molecule has 1 atom stereocenters. The lowest BCUT2D eigenvalue weighted by Gasteiger charge is -2.26. The van der Waals surface area contributed by atoms with Crippen molar-refractivity contribution in [2.75, 3.05) is 25.5 Å². The van der Waals surface area contributed by atoms with E-state index in [1.165, 1.54) is 18.2 Å². The Labute approximate surface area is 116 Å².